The van der Waals surface area contributed by atoms with E-state index in [0.29, 0.717) is 50.5 Å². The number of aryl methyl sites for hydroxylation is 1. The highest BCUT2D eigenvalue weighted by Gasteiger charge is 2.51. The van der Waals surface area contributed by atoms with Crippen LogP contribution in [-0.4, -0.2) is 48.3 Å². The average Bonchev–Trinajstić information content (AvgIpc) is 3.62. The van der Waals surface area contributed by atoms with Gasteiger partial charge in [0.2, 0.25) is 5.91 Å². The molecular weight excluding hydrogens is 616 g/mol. The highest BCUT2D eigenvalue weighted by atomic mass is 16.6. The number of nitrogens with zero attached hydrogens (tertiary/aromatic N) is 3. The zero-order chi connectivity index (χ0) is 34.8. The maximum Gasteiger partial charge on any atom is 0.407 e. The monoisotopic (exact) mass is 670 g/mol. The van der Waals surface area contributed by atoms with Crippen molar-refractivity contribution in [3.8, 4) is 17.0 Å². The molecule has 2 heterocycles. The van der Waals surface area contributed by atoms with Gasteiger partial charge in [0.1, 0.15) is 29.6 Å². The zero-order valence-electron chi connectivity index (χ0n) is 30.3. The molecule has 0 unspecified atom stereocenters. The lowest BCUT2D eigenvalue weighted by molar-refractivity contribution is -0.124. The van der Waals surface area contributed by atoms with E-state index in [0.717, 1.165) is 62.0 Å². The lowest BCUT2D eigenvalue weighted by Gasteiger charge is -2.55. The Morgan fingerprint density at radius 2 is 1.73 bits per heavy atom. The average molecular weight is 671 g/mol. The molecule has 2 amide bonds. The van der Waals surface area contributed by atoms with Crippen LogP contribution in [0.5, 0.6) is 5.75 Å². The van der Waals surface area contributed by atoms with Crippen LogP contribution in [0.25, 0.3) is 11.3 Å². The summed E-state index contributed by atoms with van der Waals surface area (Å²) >= 11 is 0. The maximum absolute atomic E-state index is 14.6. The molecule has 0 saturated heterocycles. The van der Waals surface area contributed by atoms with E-state index in [1.54, 1.807) is 19.6 Å². The summed E-state index contributed by atoms with van der Waals surface area (Å²) in [6.45, 7) is 11.6. The van der Waals surface area contributed by atoms with Gasteiger partial charge in [0.25, 0.3) is 0 Å². The summed E-state index contributed by atoms with van der Waals surface area (Å²) in [4.78, 5) is 38.4. The fourth-order valence-corrected chi connectivity index (χ4v) is 8.29. The number of carbonyl (C=O) groups is 2. The van der Waals surface area contributed by atoms with Gasteiger partial charge in [-0.25, -0.2) is 14.8 Å². The quantitative estimate of drug-likeness (QED) is 0.230. The number of benzene rings is 1. The van der Waals surface area contributed by atoms with Crippen LogP contribution in [0.4, 0.5) is 10.6 Å². The number of methoxy groups -OCH3 is 1. The number of aromatic nitrogens is 2. The number of nitrogens with one attached hydrogen (secondary N) is 1. The van der Waals surface area contributed by atoms with E-state index in [2.05, 4.69) is 51.2 Å². The highest BCUT2D eigenvalue weighted by Crippen LogP contribution is 2.58. The summed E-state index contributed by atoms with van der Waals surface area (Å²) in [5, 5.41) is 2.80. The molecule has 1 aromatic carbocycles. The molecule has 0 aliphatic heterocycles. The van der Waals surface area contributed by atoms with E-state index in [1.807, 2.05) is 24.0 Å². The van der Waals surface area contributed by atoms with Crippen LogP contribution in [0.1, 0.15) is 115 Å². The number of ether oxygens (including phenoxy) is 2. The minimum atomic E-state index is -0.365. The van der Waals surface area contributed by atoms with E-state index in [4.69, 9.17) is 23.9 Å². The van der Waals surface area contributed by atoms with Gasteiger partial charge in [-0.2, -0.15) is 0 Å². The van der Waals surface area contributed by atoms with Crippen LogP contribution < -0.4 is 15.0 Å². The van der Waals surface area contributed by atoms with Crippen molar-refractivity contribution >= 4 is 17.8 Å². The predicted molar refractivity (Wildman–Crippen MR) is 191 cm³/mol. The number of hydrogen-bond acceptors (Lipinski definition) is 7. The van der Waals surface area contributed by atoms with Crippen LogP contribution in [0.3, 0.4) is 0 Å². The van der Waals surface area contributed by atoms with E-state index < -0.39 is 0 Å². The fourth-order valence-electron chi connectivity index (χ4n) is 8.29. The number of anilines is 1. The fraction of sp³-hybridized carbons (Fsp3) is 0.600. The van der Waals surface area contributed by atoms with E-state index >= 15 is 0 Å². The minimum Gasteiger partial charge on any atom is -0.496 e. The Balaban J connectivity index is 1.23. The SMILES string of the molecule is CCCNC(=O)OC1CCC(C(=O)N(CC23CCC(c4ccc(OC)c(C)c4)(CC2)CC3)c2cc(-c3coc(C(C)(C)C)n3)ccn2)CC1. The molecule has 0 spiro atoms. The summed E-state index contributed by atoms with van der Waals surface area (Å²) in [5.41, 5.74) is 4.25. The molecular formula is C40H54N4O5. The first-order chi connectivity index (χ1) is 23.4. The Morgan fingerprint density at radius 3 is 2.35 bits per heavy atom. The van der Waals surface area contributed by atoms with Gasteiger partial charge in [0.05, 0.1) is 7.11 Å². The molecule has 2 aromatic heterocycles. The first-order valence-electron chi connectivity index (χ1n) is 18.3. The van der Waals surface area contributed by atoms with Gasteiger partial charge in [-0.1, -0.05) is 39.8 Å². The standard InChI is InChI=1S/C40H54N4O5/c1-7-21-42-37(46)49-31-11-8-28(9-12-31)35(45)44(34-24-29(14-22-41-34)32-25-48-36(43-32)38(3,4)5)26-39-15-18-40(19-16-39,20-17-39)30-10-13-33(47-6)27(2)23-30/h10,13-14,22-25,28,31H,7-9,11-12,15-21,26H2,1-6H3,(H,42,46). The number of hydrogen-bond donors (Lipinski definition) is 1. The molecule has 4 aliphatic rings. The second kappa shape index (κ2) is 14.2. The van der Waals surface area contributed by atoms with Crippen molar-refractivity contribution in [2.24, 2.45) is 11.3 Å². The molecule has 4 fully saturated rings. The molecule has 7 rings (SSSR count). The van der Waals surface area contributed by atoms with E-state index in [9.17, 15) is 9.59 Å². The normalized spacial score (nSPS) is 25.1. The van der Waals surface area contributed by atoms with Crippen molar-refractivity contribution in [1.29, 1.82) is 0 Å². The Kier molecular flexibility index (Phi) is 10.1. The lowest BCUT2D eigenvalue weighted by atomic mass is 9.51. The molecule has 9 heteroatoms. The molecule has 4 aliphatic carbocycles. The molecule has 2 bridgehead atoms. The van der Waals surface area contributed by atoms with Gasteiger partial charge >= 0.3 is 6.09 Å². The third kappa shape index (κ3) is 7.51. The van der Waals surface area contributed by atoms with Crippen LogP contribution in [-0.2, 0) is 20.4 Å². The van der Waals surface area contributed by atoms with Crippen LogP contribution >= 0.6 is 0 Å². The molecule has 4 saturated carbocycles. The Morgan fingerprint density at radius 1 is 1.02 bits per heavy atom. The predicted octanol–water partition coefficient (Wildman–Crippen LogP) is 8.67. The van der Waals surface area contributed by atoms with Crippen molar-refractivity contribution in [3.63, 3.8) is 0 Å². The summed E-state index contributed by atoms with van der Waals surface area (Å²) in [6.07, 6.45) is 13.1. The molecule has 3 aromatic rings. The molecule has 9 nitrogen and oxygen atoms in total. The van der Waals surface area contributed by atoms with E-state index in [-0.39, 0.29) is 40.3 Å². The number of alkyl carbamates (subject to hydrolysis) is 1. The van der Waals surface area contributed by atoms with Gasteiger partial charge in [-0.3, -0.25) is 9.69 Å². The Labute approximate surface area is 291 Å². The second-order valence-electron chi connectivity index (χ2n) is 15.9. The summed E-state index contributed by atoms with van der Waals surface area (Å²) < 4.78 is 17.1. The Hall–Kier alpha value is -3.88. The molecule has 1 N–H and O–H groups in total. The topological polar surface area (TPSA) is 107 Å². The van der Waals surface area contributed by atoms with Crippen LogP contribution in [0.15, 0.2) is 47.2 Å². The molecule has 49 heavy (non-hydrogen) atoms. The minimum absolute atomic E-state index is 0.0432. The molecule has 264 valence electrons. The highest BCUT2D eigenvalue weighted by molar-refractivity contribution is 5.95. The van der Waals surface area contributed by atoms with Gasteiger partial charge < -0.3 is 19.2 Å². The van der Waals surface area contributed by atoms with Crippen molar-refractivity contribution in [2.75, 3.05) is 25.1 Å². The third-order valence-electron chi connectivity index (χ3n) is 11.4. The van der Waals surface area contributed by atoms with Crippen molar-refractivity contribution < 1.29 is 23.5 Å². The first-order valence-corrected chi connectivity index (χ1v) is 18.3. The number of fused-ring (bicyclic) bond motifs is 3. The first kappa shape index (κ1) is 35.0. The maximum atomic E-state index is 14.6. The summed E-state index contributed by atoms with van der Waals surface area (Å²) in [7, 11) is 1.73. The Bertz CT molecular complexity index is 1610. The zero-order valence-corrected chi connectivity index (χ0v) is 30.3. The van der Waals surface area contributed by atoms with Gasteiger partial charge in [0, 0.05) is 36.2 Å². The van der Waals surface area contributed by atoms with Crippen molar-refractivity contribution in [1.82, 2.24) is 15.3 Å². The second-order valence-corrected chi connectivity index (χ2v) is 15.9. The van der Waals surface area contributed by atoms with Crippen LogP contribution in [0, 0.1) is 18.3 Å². The summed E-state index contributed by atoms with van der Waals surface area (Å²) in [5.74, 6) is 2.26. The lowest BCUT2D eigenvalue weighted by Crippen LogP contribution is -2.52. The van der Waals surface area contributed by atoms with Crippen molar-refractivity contribution in [2.45, 2.75) is 122 Å². The van der Waals surface area contributed by atoms with Gasteiger partial charge in [-0.05, 0) is 118 Å². The summed E-state index contributed by atoms with van der Waals surface area (Å²) in [6, 6.07) is 10.6. The number of pyridine rings is 1. The van der Waals surface area contributed by atoms with Crippen LogP contribution in [0.2, 0.25) is 0 Å². The van der Waals surface area contributed by atoms with Gasteiger partial charge in [0.15, 0.2) is 5.89 Å². The molecule has 0 radical (unpaired) electrons. The van der Waals surface area contributed by atoms with E-state index in [1.165, 1.54) is 11.1 Å². The number of oxazole rings is 1. The number of amides is 2. The molecule has 0 atom stereocenters. The smallest absolute Gasteiger partial charge is 0.407 e. The number of carbonyl (C=O) groups excluding carboxylic acids is 2. The largest absolute Gasteiger partial charge is 0.496 e. The number of rotatable bonds is 10. The van der Waals surface area contributed by atoms with Gasteiger partial charge in [-0.15, -0.1) is 0 Å². The third-order valence-corrected chi connectivity index (χ3v) is 11.4. The van der Waals surface area contributed by atoms with Crippen molar-refractivity contribution in [3.05, 3.63) is 59.8 Å².